The molecular weight excluding hydrogens is 273 g/mol. The standard InChI is InChI=1S/C15H20NO3P/c1-3-18-20(17,19-4-2)16-12-14-10-7-9-13-8-5-6-11-15(13)14/h5-11H,3-4,12H2,1-2H3,(H,16,17). The van der Waals surface area contributed by atoms with Crippen molar-refractivity contribution in [1.82, 2.24) is 5.09 Å². The SMILES string of the molecule is CCOP(=O)(NCc1cccc2ccccc12)OCC. The zero-order chi connectivity index (χ0) is 14.4. The maximum Gasteiger partial charge on any atom is 0.405 e. The first-order valence-electron chi connectivity index (χ1n) is 6.79. The van der Waals surface area contributed by atoms with Crippen LogP contribution in [0, 0.1) is 0 Å². The zero-order valence-electron chi connectivity index (χ0n) is 11.8. The molecule has 108 valence electrons. The highest BCUT2D eigenvalue weighted by Crippen LogP contribution is 2.43. The molecule has 0 amide bonds. The van der Waals surface area contributed by atoms with Crippen LogP contribution in [0.25, 0.3) is 10.8 Å². The Morgan fingerprint density at radius 2 is 1.65 bits per heavy atom. The summed E-state index contributed by atoms with van der Waals surface area (Å²) >= 11 is 0. The van der Waals surface area contributed by atoms with Crippen molar-refractivity contribution < 1.29 is 13.6 Å². The van der Waals surface area contributed by atoms with Gasteiger partial charge in [-0.3, -0.25) is 9.05 Å². The zero-order valence-corrected chi connectivity index (χ0v) is 12.7. The Hall–Kier alpha value is -1.19. The second-order valence-electron chi connectivity index (χ2n) is 4.31. The van der Waals surface area contributed by atoms with Gasteiger partial charge in [0.25, 0.3) is 0 Å². The molecule has 0 radical (unpaired) electrons. The van der Waals surface area contributed by atoms with Crippen molar-refractivity contribution in [2.45, 2.75) is 20.4 Å². The lowest BCUT2D eigenvalue weighted by Crippen LogP contribution is -2.14. The third kappa shape index (κ3) is 3.68. The van der Waals surface area contributed by atoms with E-state index in [1.54, 1.807) is 13.8 Å². The summed E-state index contributed by atoms with van der Waals surface area (Å²) in [4.78, 5) is 0. The monoisotopic (exact) mass is 293 g/mol. The molecule has 0 fully saturated rings. The van der Waals surface area contributed by atoms with Crippen LogP contribution < -0.4 is 5.09 Å². The number of fused-ring (bicyclic) bond motifs is 1. The highest BCUT2D eigenvalue weighted by atomic mass is 31.2. The van der Waals surface area contributed by atoms with Gasteiger partial charge in [0.05, 0.1) is 13.2 Å². The number of hydrogen-bond acceptors (Lipinski definition) is 3. The smallest absolute Gasteiger partial charge is 0.297 e. The van der Waals surface area contributed by atoms with E-state index in [0.29, 0.717) is 19.8 Å². The van der Waals surface area contributed by atoms with Gasteiger partial charge in [-0.05, 0) is 30.2 Å². The summed E-state index contributed by atoms with van der Waals surface area (Å²) in [5.74, 6) is 0. The number of nitrogens with one attached hydrogen (secondary N) is 1. The molecule has 20 heavy (non-hydrogen) atoms. The molecule has 1 N–H and O–H groups in total. The van der Waals surface area contributed by atoms with Crippen molar-refractivity contribution in [2.75, 3.05) is 13.2 Å². The normalized spacial score (nSPS) is 11.9. The molecular formula is C15H20NO3P. The first-order valence-corrected chi connectivity index (χ1v) is 8.33. The third-order valence-electron chi connectivity index (χ3n) is 2.94. The van der Waals surface area contributed by atoms with Gasteiger partial charge in [-0.15, -0.1) is 0 Å². The molecule has 2 aromatic carbocycles. The van der Waals surface area contributed by atoms with E-state index < -0.39 is 7.75 Å². The van der Waals surface area contributed by atoms with Crippen LogP contribution in [0.5, 0.6) is 0 Å². The Kier molecular flexibility index (Phi) is 5.32. The maximum absolute atomic E-state index is 12.4. The average molecular weight is 293 g/mol. The second kappa shape index (κ2) is 7.00. The van der Waals surface area contributed by atoms with Gasteiger partial charge < -0.3 is 0 Å². The third-order valence-corrected chi connectivity index (χ3v) is 4.68. The van der Waals surface area contributed by atoms with Crippen molar-refractivity contribution in [3.05, 3.63) is 48.0 Å². The van der Waals surface area contributed by atoms with Crippen LogP contribution in [-0.2, 0) is 20.2 Å². The van der Waals surface area contributed by atoms with Gasteiger partial charge in [0.15, 0.2) is 0 Å². The number of hydrogen-bond donors (Lipinski definition) is 1. The van der Waals surface area contributed by atoms with Gasteiger partial charge in [-0.25, -0.2) is 9.65 Å². The molecule has 0 bridgehead atoms. The van der Waals surface area contributed by atoms with Crippen molar-refractivity contribution >= 4 is 18.5 Å². The minimum absolute atomic E-state index is 0.347. The minimum Gasteiger partial charge on any atom is -0.297 e. The topological polar surface area (TPSA) is 47.6 Å². The van der Waals surface area contributed by atoms with E-state index >= 15 is 0 Å². The van der Waals surface area contributed by atoms with Crippen molar-refractivity contribution in [3.63, 3.8) is 0 Å². The van der Waals surface area contributed by atoms with E-state index in [-0.39, 0.29) is 0 Å². The van der Waals surface area contributed by atoms with Crippen LogP contribution in [0.2, 0.25) is 0 Å². The lowest BCUT2D eigenvalue weighted by atomic mass is 10.1. The Labute approximate surface area is 119 Å². The first-order chi connectivity index (χ1) is 9.68. The van der Waals surface area contributed by atoms with Crippen LogP contribution in [0.3, 0.4) is 0 Å². The van der Waals surface area contributed by atoms with E-state index in [4.69, 9.17) is 9.05 Å². The van der Waals surface area contributed by atoms with Gasteiger partial charge in [0.1, 0.15) is 0 Å². The summed E-state index contributed by atoms with van der Waals surface area (Å²) in [6.07, 6.45) is 0. The maximum atomic E-state index is 12.4. The van der Waals surface area contributed by atoms with Gasteiger partial charge in [0.2, 0.25) is 0 Å². The molecule has 0 aliphatic rings. The highest BCUT2D eigenvalue weighted by Gasteiger charge is 2.22. The molecule has 0 aliphatic heterocycles. The minimum atomic E-state index is -3.21. The molecule has 0 saturated carbocycles. The average Bonchev–Trinajstić information content (AvgIpc) is 2.46. The van der Waals surface area contributed by atoms with E-state index in [1.807, 2.05) is 24.3 Å². The molecule has 5 heteroatoms. The molecule has 2 aromatic rings. The highest BCUT2D eigenvalue weighted by molar-refractivity contribution is 7.51. The largest absolute Gasteiger partial charge is 0.405 e. The Bertz CT molecular complexity index is 600. The van der Waals surface area contributed by atoms with Gasteiger partial charge in [0, 0.05) is 6.54 Å². The van der Waals surface area contributed by atoms with Crippen molar-refractivity contribution in [3.8, 4) is 0 Å². The van der Waals surface area contributed by atoms with Crippen molar-refractivity contribution in [1.29, 1.82) is 0 Å². The summed E-state index contributed by atoms with van der Waals surface area (Å²) in [6, 6.07) is 14.2. The molecule has 0 atom stereocenters. The molecule has 0 saturated heterocycles. The summed E-state index contributed by atoms with van der Waals surface area (Å²) in [5, 5.41) is 5.22. The lowest BCUT2D eigenvalue weighted by molar-refractivity contribution is 0.210. The van der Waals surface area contributed by atoms with Gasteiger partial charge in [-0.1, -0.05) is 42.5 Å². The van der Waals surface area contributed by atoms with E-state index in [9.17, 15) is 4.57 Å². The lowest BCUT2D eigenvalue weighted by Gasteiger charge is -2.18. The Morgan fingerprint density at radius 3 is 2.35 bits per heavy atom. The van der Waals surface area contributed by atoms with Crippen LogP contribution in [0.1, 0.15) is 19.4 Å². The molecule has 0 aliphatic carbocycles. The molecule has 0 spiro atoms. The quantitative estimate of drug-likeness (QED) is 0.780. The van der Waals surface area contributed by atoms with Gasteiger partial charge in [-0.2, -0.15) is 0 Å². The van der Waals surface area contributed by atoms with Crippen molar-refractivity contribution in [2.24, 2.45) is 0 Å². The summed E-state index contributed by atoms with van der Waals surface area (Å²) in [5.41, 5.74) is 1.07. The predicted octanol–water partition coefficient (Wildman–Crippen LogP) is 4.11. The van der Waals surface area contributed by atoms with Crippen LogP contribution in [0.15, 0.2) is 42.5 Å². The van der Waals surface area contributed by atoms with E-state index in [1.165, 1.54) is 0 Å². The van der Waals surface area contributed by atoms with E-state index in [0.717, 1.165) is 16.3 Å². The molecule has 0 heterocycles. The number of rotatable bonds is 7. The van der Waals surface area contributed by atoms with Crippen LogP contribution >= 0.6 is 7.75 Å². The fourth-order valence-corrected chi connectivity index (χ4v) is 3.40. The first kappa shape index (κ1) is 15.2. The summed E-state index contributed by atoms with van der Waals surface area (Å²) in [7, 11) is -3.21. The second-order valence-corrected chi connectivity index (χ2v) is 6.13. The van der Waals surface area contributed by atoms with E-state index in [2.05, 4.69) is 23.3 Å². The summed E-state index contributed by atoms with van der Waals surface area (Å²) < 4.78 is 22.8. The fraction of sp³-hybridized carbons (Fsp3) is 0.333. The van der Waals surface area contributed by atoms with Crippen LogP contribution in [0.4, 0.5) is 0 Å². The molecule has 0 aromatic heterocycles. The fourth-order valence-electron chi connectivity index (χ4n) is 2.10. The summed E-state index contributed by atoms with van der Waals surface area (Å²) in [6.45, 7) is 4.73. The van der Waals surface area contributed by atoms with Gasteiger partial charge >= 0.3 is 7.75 Å². The van der Waals surface area contributed by atoms with Crippen LogP contribution in [-0.4, -0.2) is 13.2 Å². The Morgan fingerprint density at radius 1 is 1.00 bits per heavy atom. The molecule has 2 rings (SSSR count). The molecule has 0 unspecified atom stereocenters. The number of benzene rings is 2. The predicted molar refractivity (Wildman–Crippen MR) is 81.6 cm³/mol. The Balaban J connectivity index is 2.18. The molecule has 4 nitrogen and oxygen atoms in total.